The topological polar surface area (TPSA) is 69.0 Å². The molecule has 1 N–H and O–H groups in total. The van der Waals surface area contributed by atoms with Crippen LogP contribution in [0.1, 0.15) is 42.6 Å². The fourth-order valence-corrected chi connectivity index (χ4v) is 4.24. The van der Waals surface area contributed by atoms with Gasteiger partial charge in [0.1, 0.15) is 18.5 Å². The molecule has 0 aliphatic heterocycles. The highest BCUT2D eigenvalue weighted by Gasteiger charge is 2.45. The Bertz CT molecular complexity index is 883. The number of aromatic nitrogens is 3. The van der Waals surface area contributed by atoms with Crippen molar-refractivity contribution in [3.05, 3.63) is 47.8 Å². The first-order chi connectivity index (χ1) is 14.0. The largest absolute Gasteiger partial charge is 0.416 e. The maximum absolute atomic E-state index is 14.2. The summed E-state index contributed by atoms with van der Waals surface area (Å²) < 4.78 is 59.9. The van der Waals surface area contributed by atoms with Gasteiger partial charge in [0.2, 0.25) is 0 Å². The van der Waals surface area contributed by atoms with Crippen molar-refractivity contribution in [2.75, 3.05) is 7.11 Å². The first-order valence-electron chi connectivity index (χ1n) is 9.56. The van der Waals surface area contributed by atoms with Crippen LogP contribution in [0.25, 0.3) is 0 Å². The number of nitrogens with zero attached hydrogens (tertiary/aromatic N) is 3. The Morgan fingerprint density at radius 3 is 2.67 bits per heavy atom. The maximum atomic E-state index is 14.2. The van der Waals surface area contributed by atoms with E-state index < -0.39 is 29.0 Å². The highest BCUT2D eigenvalue weighted by molar-refractivity contribution is 5.94. The second-order valence-electron chi connectivity index (χ2n) is 8.24. The van der Waals surface area contributed by atoms with Crippen LogP contribution >= 0.6 is 0 Å². The molecule has 30 heavy (non-hydrogen) atoms. The second kappa shape index (κ2) is 8.33. The van der Waals surface area contributed by atoms with Gasteiger partial charge in [-0.05, 0) is 36.5 Å². The molecule has 6 nitrogen and oxygen atoms in total. The zero-order chi connectivity index (χ0) is 22.1. The first-order valence-corrected chi connectivity index (χ1v) is 9.56. The molecule has 1 amide bonds. The van der Waals surface area contributed by atoms with Crippen LogP contribution in [0.4, 0.5) is 17.6 Å². The van der Waals surface area contributed by atoms with Crippen LogP contribution in [-0.2, 0) is 17.5 Å². The molecule has 164 valence electrons. The van der Waals surface area contributed by atoms with Gasteiger partial charge in [-0.3, -0.25) is 9.48 Å². The number of alkyl halides is 3. The van der Waals surface area contributed by atoms with Gasteiger partial charge in [-0.2, -0.15) is 18.3 Å². The van der Waals surface area contributed by atoms with E-state index >= 15 is 0 Å². The smallest absolute Gasteiger partial charge is 0.380 e. The predicted molar refractivity (Wildman–Crippen MR) is 100.0 cm³/mol. The molecule has 0 spiro atoms. The van der Waals surface area contributed by atoms with Gasteiger partial charge in [-0.15, -0.1) is 0 Å². The molecule has 1 aromatic heterocycles. The van der Waals surface area contributed by atoms with Gasteiger partial charge in [0, 0.05) is 25.6 Å². The normalized spacial score (nSPS) is 23.9. The number of carbonyl (C=O) groups excluding carboxylic acids is 1. The van der Waals surface area contributed by atoms with Crippen molar-refractivity contribution in [3.8, 4) is 0 Å². The van der Waals surface area contributed by atoms with Crippen LogP contribution in [0, 0.1) is 17.2 Å². The molecule has 2 aromatic rings. The lowest BCUT2D eigenvalue weighted by Crippen LogP contribution is -2.55. The van der Waals surface area contributed by atoms with Crippen LogP contribution in [-0.4, -0.2) is 39.9 Å². The Morgan fingerprint density at radius 2 is 2.10 bits per heavy atom. The minimum Gasteiger partial charge on any atom is -0.380 e. The summed E-state index contributed by atoms with van der Waals surface area (Å²) in [6, 6.07) is 1.53. The minimum atomic E-state index is -4.68. The number of hydrogen-bond donors (Lipinski definition) is 1. The number of carbonyl (C=O) groups is 1. The van der Waals surface area contributed by atoms with E-state index in [0.717, 1.165) is 12.5 Å². The molecule has 3 rings (SSSR count). The molecule has 0 unspecified atom stereocenters. The highest BCUT2D eigenvalue weighted by Crippen LogP contribution is 2.41. The van der Waals surface area contributed by atoms with Gasteiger partial charge in [0.05, 0.1) is 17.2 Å². The second-order valence-corrected chi connectivity index (χ2v) is 8.24. The molecular formula is C20H24F4N4O2. The molecule has 3 atom stereocenters. The third kappa shape index (κ3) is 4.63. The molecule has 1 aliphatic rings. The van der Waals surface area contributed by atoms with Crippen molar-refractivity contribution in [3.63, 3.8) is 0 Å². The lowest BCUT2D eigenvalue weighted by atomic mass is 9.67. The standard InChI is InChI=1S/C20H24F4N4O2/c1-19(2)7-6-16(14(17(19)30-3)9-28-11-25-10-26-28)27-18(29)13-5-4-12(8-15(13)21)20(22,23)24/h4-5,8,10-11,14,16-17H,6-7,9H2,1-3H3,(H,27,29)/t14-,16-,17-/m1/s1. The van der Waals surface area contributed by atoms with Crippen molar-refractivity contribution in [1.29, 1.82) is 0 Å². The molecule has 1 saturated carbocycles. The van der Waals surface area contributed by atoms with E-state index in [9.17, 15) is 22.4 Å². The summed E-state index contributed by atoms with van der Waals surface area (Å²) in [7, 11) is 1.60. The Kier molecular flexibility index (Phi) is 6.16. The zero-order valence-corrected chi connectivity index (χ0v) is 16.9. The average Bonchev–Trinajstić information content (AvgIpc) is 3.16. The van der Waals surface area contributed by atoms with E-state index in [1.807, 2.05) is 0 Å². The lowest BCUT2D eigenvalue weighted by molar-refractivity contribution is -0.137. The van der Waals surface area contributed by atoms with Gasteiger partial charge in [0.25, 0.3) is 5.91 Å². The van der Waals surface area contributed by atoms with Gasteiger partial charge in [-0.25, -0.2) is 9.37 Å². The Balaban J connectivity index is 1.83. The molecule has 1 aromatic carbocycles. The molecule has 1 aliphatic carbocycles. The molecular weight excluding hydrogens is 404 g/mol. The van der Waals surface area contributed by atoms with E-state index in [4.69, 9.17) is 4.74 Å². The summed E-state index contributed by atoms with van der Waals surface area (Å²) in [4.78, 5) is 16.6. The molecule has 0 bridgehead atoms. The summed E-state index contributed by atoms with van der Waals surface area (Å²) in [5.74, 6) is -2.17. The summed E-state index contributed by atoms with van der Waals surface area (Å²) >= 11 is 0. The van der Waals surface area contributed by atoms with E-state index in [2.05, 4.69) is 29.2 Å². The van der Waals surface area contributed by atoms with Crippen molar-refractivity contribution < 1.29 is 27.1 Å². The summed E-state index contributed by atoms with van der Waals surface area (Å²) in [5.41, 5.74) is -1.73. The minimum absolute atomic E-state index is 0.166. The van der Waals surface area contributed by atoms with Crippen LogP contribution < -0.4 is 5.32 Å². The third-order valence-electron chi connectivity index (χ3n) is 5.75. The molecule has 0 saturated heterocycles. The molecule has 1 fully saturated rings. The Labute approximate surface area is 171 Å². The zero-order valence-electron chi connectivity index (χ0n) is 16.9. The van der Waals surface area contributed by atoms with Crippen LogP contribution in [0.5, 0.6) is 0 Å². The van der Waals surface area contributed by atoms with E-state index in [0.29, 0.717) is 25.1 Å². The molecule has 1 heterocycles. The SMILES string of the molecule is CO[C@@H]1[C@H](Cn2cncn2)[C@H](NC(=O)c2ccc(C(F)(F)F)cc2F)CCC1(C)C. The predicted octanol–water partition coefficient (Wildman–Crippen LogP) is 3.69. The van der Waals surface area contributed by atoms with Crippen LogP contribution in [0.15, 0.2) is 30.9 Å². The van der Waals surface area contributed by atoms with E-state index in [1.54, 1.807) is 18.1 Å². The number of ether oxygens (including phenoxy) is 1. The average molecular weight is 428 g/mol. The Hall–Kier alpha value is -2.49. The van der Waals surface area contributed by atoms with Crippen molar-refractivity contribution in [2.24, 2.45) is 11.3 Å². The summed E-state index contributed by atoms with van der Waals surface area (Å²) in [6.45, 7) is 4.56. The molecule has 10 heteroatoms. The Morgan fingerprint density at radius 1 is 1.37 bits per heavy atom. The van der Waals surface area contributed by atoms with Crippen LogP contribution in [0.3, 0.4) is 0 Å². The monoisotopic (exact) mass is 428 g/mol. The fourth-order valence-electron chi connectivity index (χ4n) is 4.24. The lowest BCUT2D eigenvalue weighted by Gasteiger charge is -2.47. The van der Waals surface area contributed by atoms with Crippen molar-refractivity contribution >= 4 is 5.91 Å². The number of halogens is 4. The third-order valence-corrected chi connectivity index (χ3v) is 5.75. The van der Waals surface area contributed by atoms with E-state index in [1.165, 1.54) is 6.33 Å². The highest BCUT2D eigenvalue weighted by atomic mass is 19.4. The number of rotatable bonds is 5. The fraction of sp³-hybridized carbons (Fsp3) is 0.550. The number of nitrogens with one attached hydrogen (secondary N) is 1. The number of benzene rings is 1. The molecule has 0 radical (unpaired) electrons. The van der Waals surface area contributed by atoms with Gasteiger partial charge >= 0.3 is 6.18 Å². The first kappa shape index (κ1) is 22.2. The quantitative estimate of drug-likeness (QED) is 0.738. The van der Waals surface area contributed by atoms with Crippen molar-refractivity contribution in [1.82, 2.24) is 20.1 Å². The maximum Gasteiger partial charge on any atom is 0.416 e. The van der Waals surface area contributed by atoms with Gasteiger partial charge < -0.3 is 10.1 Å². The summed E-state index contributed by atoms with van der Waals surface area (Å²) in [6.07, 6.45) is -0.582. The van der Waals surface area contributed by atoms with E-state index in [-0.39, 0.29) is 23.5 Å². The van der Waals surface area contributed by atoms with Crippen molar-refractivity contribution in [2.45, 2.75) is 51.6 Å². The van der Waals surface area contributed by atoms with Gasteiger partial charge in [-0.1, -0.05) is 13.8 Å². The summed E-state index contributed by atoms with van der Waals surface area (Å²) in [5, 5.41) is 6.91. The number of amides is 1. The van der Waals surface area contributed by atoms with Crippen LogP contribution in [0.2, 0.25) is 0 Å². The van der Waals surface area contributed by atoms with Gasteiger partial charge in [0.15, 0.2) is 0 Å². The number of methoxy groups -OCH3 is 1. The number of hydrogen-bond acceptors (Lipinski definition) is 4.